The Morgan fingerprint density at radius 1 is 1.30 bits per heavy atom. The van der Waals surface area contributed by atoms with Gasteiger partial charge in [0.2, 0.25) is 5.91 Å². The number of aryl methyl sites for hydroxylation is 1. The fourth-order valence-corrected chi connectivity index (χ4v) is 3.35. The number of carbonyl (C=O) groups is 1. The van der Waals surface area contributed by atoms with Crippen LogP contribution in [0.4, 0.5) is 0 Å². The van der Waals surface area contributed by atoms with Crippen molar-refractivity contribution in [2.75, 3.05) is 6.61 Å². The Balaban J connectivity index is 1.95. The first kappa shape index (κ1) is 17.2. The Morgan fingerprint density at radius 3 is 2.81 bits per heavy atom. The summed E-state index contributed by atoms with van der Waals surface area (Å²) in [6.07, 6.45) is -0.704. The summed E-state index contributed by atoms with van der Waals surface area (Å²) in [6.45, 7) is 3.81. The molecule has 1 aliphatic heterocycles. The van der Waals surface area contributed by atoms with Gasteiger partial charge in [0.05, 0.1) is 11.7 Å². The fourth-order valence-electron chi connectivity index (χ4n) is 3.35. The van der Waals surface area contributed by atoms with Gasteiger partial charge in [-0.05, 0) is 42.0 Å². The van der Waals surface area contributed by atoms with Crippen LogP contribution in [0, 0.1) is 6.92 Å². The van der Waals surface area contributed by atoms with Crippen LogP contribution in [0.15, 0.2) is 36.4 Å². The second-order valence-electron chi connectivity index (χ2n) is 6.66. The van der Waals surface area contributed by atoms with Crippen molar-refractivity contribution in [1.29, 1.82) is 0 Å². The van der Waals surface area contributed by atoms with Gasteiger partial charge in [0, 0.05) is 11.1 Å². The number of carbonyl (C=O) groups excluding carboxylic acids is 1. The molecule has 1 aliphatic rings. The van der Waals surface area contributed by atoms with Crippen molar-refractivity contribution < 1.29 is 14.6 Å². The number of aliphatic hydroxyl groups is 1. The summed E-state index contributed by atoms with van der Waals surface area (Å²) in [5.74, 6) is 0.552. The molecule has 0 aliphatic carbocycles. The van der Waals surface area contributed by atoms with Gasteiger partial charge >= 0.3 is 0 Å². The molecule has 0 radical (unpaired) electrons. The highest BCUT2D eigenvalue weighted by Crippen LogP contribution is 2.42. The second kappa shape index (κ2) is 6.48. The molecule has 3 aromatic rings. The van der Waals surface area contributed by atoms with Crippen molar-refractivity contribution in [2.24, 2.45) is 5.73 Å². The molecule has 0 fully saturated rings. The molecule has 138 valence electrons. The molecule has 27 heavy (non-hydrogen) atoms. The standard InChI is InChI=1S/C19H19N5O3/c1-10-6-7-13(18(20)26)15(8-10)12-4-3-5-14-17(12)27-9-16(11(2)25)24-19(14)21-22-23-24/h3-8,11,16,25H,9H2,1-2H3,(H2,20,26)/t11-,16+/m1/s1. The number of rotatable bonds is 3. The third-order valence-electron chi connectivity index (χ3n) is 4.75. The van der Waals surface area contributed by atoms with Crippen LogP contribution >= 0.6 is 0 Å². The van der Waals surface area contributed by atoms with Crippen LogP contribution in [0.1, 0.15) is 28.9 Å². The average Bonchev–Trinajstić information content (AvgIpc) is 3.04. The highest BCUT2D eigenvalue weighted by molar-refractivity contribution is 6.01. The third-order valence-corrected chi connectivity index (χ3v) is 4.75. The van der Waals surface area contributed by atoms with Gasteiger partial charge in [0.1, 0.15) is 18.4 Å². The van der Waals surface area contributed by atoms with Crippen LogP contribution in [0.3, 0.4) is 0 Å². The summed E-state index contributed by atoms with van der Waals surface area (Å²) >= 11 is 0. The number of fused-ring (bicyclic) bond motifs is 3. The lowest BCUT2D eigenvalue weighted by molar-refractivity contribution is 0.0904. The van der Waals surface area contributed by atoms with E-state index in [2.05, 4.69) is 15.5 Å². The Labute approximate surface area is 155 Å². The van der Waals surface area contributed by atoms with E-state index in [1.165, 1.54) is 0 Å². The van der Waals surface area contributed by atoms with Gasteiger partial charge in [-0.2, -0.15) is 0 Å². The lowest BCUT2D eigenvalue weighted by Gasteiger charge is -2.19. The molecule has 1 aromatic heterocycles. The summed E-state index contributed by atoms with van der Waals surface area (Å²) in [4.78, 5) is 12.0. The average molecular weight is 365 g/mol. The Bertz CT molecular complexity index is 1030. The molecule has 2 atom stereocenters. The van der Waals surface area contributed by atoms with Crippen molar-refractivity contribution in [3.05, 3.63) is 47.5 Å². The van der Waals surface area contributed by atoms with E-state index in [1.807, 2.05) is 37.3 Å². The van der Waals surface area contributed by atoms with Gasteiger partial charge < -0.3 is 15.6 Å². The molecule has 0 bridgehead atoms. The predicted molar refractivity (Wildman–Crippen MR) is 98.2 cm³/mol. The van der Waals surface area contributed by atoms with E-state index in [1.54, 1.807) is 17.7 Å². The second-order valence-corrected chi connectivity index (χ2v) is 6.66. The molecule has 0 saturated heterocycles. The minimum Gasteiger partial charge on any atom is -0.490 e. The molecule has 1 amide bonds. The van der Waals surface area contributed by atoms with Crippen molar-refractivity contribution in [2.45, 2.75) is 26.0 Å². The Kier molecular flexibility index (Phi) is 4.12. The van der Waals surface area contributed by atoms with Crippen molar-refractivity contribution in [3.63, 3.8) is 0 Å². The molecule has 8 nitrogen and oxygen atoms in total. The van der Waals surface area contributed by atoms with E-state index in [-0.39, 0.29) is 6.61 Å². The molecule has 2 heterocycles. The number of hydrogen-bond acceptors (Lipinski definition) is 6. The molecule has 3 N–H and O–H groups in total. The van der Waals surface area contributed by atoms with Crippen LogP contribution in [0.5, 0.6) is 5.75 Å². The molecular weight excluding hydrogens is 346 g/mol. The maximum Gasteiger partial charge on any atom is 0.249 e. The smallest absolute Gasteiger partial charge is 0.249 e. The molecule has 2 aromatic carbocycles. The van der Waals surface area contributed by atoms with E-state index < -0.39 is 18.1 Å². The number of amides is 1. The van der Waals surface area contributed by atoms with E-state index in [9.17, 15) is 9.90 Å². The Hall–Kier alpha value is -3.26. The summed E-state index contributed by atoms with van der Waals surface area (Å²) in [6, 6.07) is 10.6. The van der Waals surface area contributed by atoms with Crippen LogP contribution < -0.4 is 10.5 Å². The summed E-state index contributed by atoms with van der Waals surface area (Å²) < 4.78 is 7.66. The summed E-state index contributed by atoms with van der Waals surface area (Å²) in [7, 11) is 0. The maximum atomic E-state index is 12.0. The quantitative estimate of drug-likeness (QED) is 0.730. The van der Waals surface area contributed by atoms with E-state index in [0.717, 1.165) is 11.1 Å². The van der Waals surface area contributed by atoms with Gasteiger partial charge in [-0.15, -0.1) is 5.10 Å². The lowest BCUT2D eigenvalue weighted by Crippen LogP contribution is -2.27. The number of aromatic nitrogens is 4. The van der Waals surface area contributed by atoms with Crippen molar-refractivity contribution in [1.82, 2.24) is 20.2 Å². The van der Waals surface area contributed by atoms with E-state index in [0.29, 0.717) is 28.3 Å². The van der Waals surface area contributed by atoms with Gasteiger partial charge in [0.15, 0.2) is 5.82 Å². The molecule has 0 saturated carbocycles. The topological polar surface area (TPSA) is 116 Å². The van der Waals surface area contributed by atoms with Crippen molar-refractivity contribution in [3.8, 4) is 28.3 Å². The maximum absolute atomic E-state index is 12.0. The molecule has 0 spiro atoms. The number of ether oxygens (including phenoxy) is 1. The minimum absolute atomic E-state index is 0.192. The first-order valence-electron chi connectivity index (χ1n) is 8.60. The number of nitrogens with zero attached hydrogens (tertiary/aromatic N) is 4. The van der Waals surface area contributed by atoms with Gasteiger partial charge in [-0.3, -0.25) is 4.79 Å². The third kappa shape index (κ3) is 2.83. The Morgan fingerprint density at radius 2 is 2.07 bits per heavy atom. The zero-order valence-electron chi connectivity index (χ0n) is 15.0. The number of hydrogen-bond donors (Lipinski definition) is 2. The minimum atomic E-state index is -0.704. The molecular formula is C19H19N5O3. The van der Waals surface area contributed by atoms with Gasteiger partial charge in [-0.1, -0.05) is 29.8 Å². The van der Waals surface area contributed by atoms with Crippen LogP contribution in [0.25, 0.3) is 22.5 Å². The van der Waals surface area contributed by atoms with Crippen LogP contribution in [-0.4, -0.2) is 43.9 Å². The molecule has 4 rings (SSSR count). The zero-order valence-corrected chi connectivity index (χ0v) is 15.0. The monoisotopic (exact) mass is 365 g/mol. The normalized spacial score (nSPS) is 16.6. The summed E-state index contributed by atoms with van der Waals surface area (Å²) in [5.41, 5.74) is 9.09. The number of para-hydroxylation sites is 1. The van der Waals surface area contributed by atoms with E-state index in [4.69, 9.17) is 10.5 Å². The number of benzene rings is 2. The highest BCUT2D eigenvalue weighted by Gasteiger charge is 2.30. The summed E-state index contributed by atoms with van der Waals surface area (Å²) in [5, 5.41) is 22.0. The number of aliphatic hydroxyl groups excluding tert-OH is 1. The van der Waals surface area contributed by atoms with Crippen molar-refractivity contribution >= 4 is 5.91 Å². The number of tetrazole rings is 1. The predicted octanol–water partition coefficient (Wildman–Crippen LogP) is 1.73. The first-order chi connectivity index (χ1) is 13.0. The fraction of sp³-hybridized carbons (Fsp3) is 0.263. The van der Waals surface area contributed by atoms with E-state index >= 15 is 0 Å². The number of nitrogens with two attached hydrogens (primary N) is 1. The van der Waals surface area contributed by atoms with Gasteiger partial charge in [-0.25, -0.2) is 4.68 Å². The lowest BCUT2D eigenvalue weighted by atomic mass is 9.94. The zero-order chi connectivity index (χ0) is 19.1. The largest absolute Gasteiger partial charge is 0.490 e. The van der Waals surface area contributed by atoms with Crippen LogP contribution in [-0.2, 0) is 0 Å². The SMILES string of the molecule is Cc1ccc(C(N)=O)c(-c2cccc3c2OC[C@@H]([C@@H](C)O)n2nnnc2-3)c1. The van der Waals surface area contributed by atoms with Gasteiger partial charge in [0.25, 0.3) is 0 Å². The highest BCUT2D eigenvalue weighted by atomic mass is 16.5. The molecule has 8 heteroatoms. The molecule has 0 unspecified atom stereocenters. The number of primary amides is 1. The van der Waals surface area contributed by atoms with Crippen LogP contribution in [0.2, 0.25) is 0 Å². The first-order valence-corrected chi connectivity index (χ1v) is 8.60.